The molecule has 31 heavy (non-hydrogen) atoms. The van der Waals surface area contributed by atoms with Crippen LogP contribution in [0.4, 0.5) is 10.8 Å². The monoisotopic (exact) mass is 439 g/mol. The molecule has 0 unspecified atom stereocenters. The number of carbonyl (C=O) groups is 1. The van der Waals surface area contributed by atoms with Crippen molar-refractivity contribution in [3.63, 3.8) is 0 Å². The molecule has 0 bridgehead atoms. The summed E-state index contributed by atoms with van der Waals surface area (Å²) in [4.78, 5) is 32.4. The Bertz CT molecular complexity index is 1110. The van der Waals surface area contributed by atoms with Crippen LogP contribution in [-0.2, 0) is 11.2 Å². The molecule has 3 aromatic rings. The van der Waals surface area contributed by atoms with Gasteiger partial charge in [0.25, 0.3) is 5.56 Å². The van der Waals surface area contributed by atoms with Crippen molar-refractivity contribution in [3.05, 3.63) is 51.9 Å². The van der Waals surface area contributed by atoms with Crippen LogP contribution in [-0.4, -0.2) is 33.6 Å². The topological polar surface area (TPSA) is 79.6 Å². The maximum atomic E-state index is 12.7. The maximum Gasteiger partial charge on any atom is 0.275 e. The van der Waals surface area contributed by atoms with Gasteiger partial charge in [-0.25, -0.2) is 4.98 Å². The predicted molar refractivity (Wildman–Crippen MR) is 125 cm³/mol. The van der Waals surface area contributed by atoms with Crippen molar-refractivity contribution in [1.82, 2.24) is 14.6 Å². The molecule has 1 N–H and O–H groups in total. The second kappa shape index (κ2) is 9.18. The van der Waals surface area contributed by atoms with Gasteiger partial charge in [0.05, 0.1) is 0 Å². The zero-order valence-corrected chi connectivity index (χ0v) is 19.1. The molecule has 164 valence electrons. The Hall–Kier alpha value is -2.74. The molecule has 1 fully saturated rings. The van der Waals surface area contributed by atoms with E-state index >= 15 is 0 Å². The number of aromatic nitrogens is 3. The average molecular weight is 440 g/mol. The third-order valence-electron chi connectivity index (χ3n) is 5.77. The zero-order valence-electron chi connectivity index (χ0n) is 18.3. The zero-order chi connectivity index (χ0) is 22.0. The molecule has 3 heterocycles. The number of amides is 1. The summed E-state index contributed by atoms with van der Waals surface area (Å²) in [6, 6.07) is 9.65. The van der Waals surface area contributed by atoms with Crippen LogP contribution in [0.25, 0.3) is 4.96 Å². The summed E-state index contributed by atoms with van der Waals surface area (Å²) in [5.74, 6) is 0.525. The number of hydrogen-bond acceptors (Lipinski definition) is 6. The summed E-state index contributed by atoms with van der Waals surface area (Å²) >= 11 is 1.44. The normalized spacial score (nSPS) is 15.0. The second-order valence-electron chi connectivity index (χ2n) is 8.44. The van der Waals surface area contributed by atoms with Crippen LogP contribution in [0.1, 0.15) is 57.2 Å². The van der Waals surface area contributed by atoms with E-state index in [0.717, 1.165) is 55.3 Å². The van der Waals surface area contributed by atoms with Crippen molar-refractivity contribution in [2.24, 2.45) is 5.92 Å². The van der Waals surface area contributed by atoms with Crippen molar-refractivity contribution in [3.8, 4) is 0 Å². The smallest absolute Gasteiger partial charge is 0.275 e. The predicted octanol–water partition coefficient (Wildman–Crippen LogP) is 4.08. The Morgan fingerprint density at radius 2 is 1.94 bits per heavy atom. The average Bonchev–Trinajstić information content (AvgIpc) is 3.19. The molecular formula is C23H29N5O2S. The maximum absolute atomic E-state index is 12.7. The highest BCUT2D eigenvalue weighted by Crippen LogP contribution is 2.28. The van der Waals surface area contributed by atoms with Gasteiger partial charge in [-0.2, -0.15) is 4.52 Å². The van der Waals surface area contributed by atoms with Gasteiger partial charge < -0.3 is 10.2 Å². The third-order valence-corrected chi connectivity index (χ3v) is 6.74. The highest BCUT2D eigenvalue weighted by Gasteiger charge is 2.27. The number of aryl methyl sites for hydroxylation is 1. The van der Waals surface area contributed by atoms with Crippen LogP contribution in [0.2, 0.25) is 0 Å². The number of nitrogens with one attached hydrogen (secondary N) is 1. The summed E-state index contributed by atoms with van der Waals surface area (Å²) in [5.41, 5.74) is 2.79. The SMILES string of the molecule is CCCc1cc(=O)n2nc(N3CCC(C(=O)Nc4ccc(C(C)C)cc4)CC3)sc2n1. The van der Waals surface area contributed by atoms with Gasteiger partial charge >= 0.3 is 0 Å². The molecule has 1 saturated heterocycles. The number of nitrogens with zero attached hydrogens (tertiary/aromatic N) is 4. The lowest BCUT2D eigenvalue weighted by atomic mass is 9.96. The van der Waals surface area contributed by atoms with Gasteiger partial charge in [0.15, 0.2) is 0 Å². The fourth-order valence-electron chi connectivity index (χ4n) is 3.89. The lowest BCUT2D eigenvalue weighted by Gasteiger charge is -2.30. The molecule has 0 spiro atoms. The first kappa shape index (κ1) is 21.5. The molecule has 2 aromatic heterocycles. The van der Waals surface area contributed by atoms with E-state index in [0.29, 0.717) is 10.9 Å². The first-order chi connectivity index (χ1) is 14.9. The molecule has 0 radical (unpaired) electrons. The van der Waals surface area contributed by atoms with Crippen LogP contribution in [0.15, 0.2) is 35.1 Å². The molecule has 1 aliphatic heterocycles. The van der Waals surface area contributed by atoms with Gasteiger partial charge in [0.2, 0.25) is 16.0 Å². The number of anilines is 2. The van der Waals surface area contributed by atoms with E-state index in [1.54, 1.807) is 6.07 Å². The molecule has 1 amide bonds. The van der Waals surface area contributed by atoms with Crippen molar-refractivity contribution in [1.29, 1.82) is 0 Å². The van der Waals surface area contributed by atoms with Gasteiger partial charge in [-0.1, -0.05) is 50.7 Å². The standard InChI is InChI=1S/C23H29N5O2S/c1-4-5-19-14-20(29)28-22(25-19)31-23(26-28)27-12-10-17(11-13-27)21(30)24-18-8-6-16(7-9-18)15(2)3/h6-9,14-15,17H,4-5,10-13H2,1-3H3,(H,24,30). The van der Waals surface area contributed by atoms with E-state index in [2.05, 4.69) is 53.2 Å². The van der Waals surface area contributed by atoms with Gasteiger partial charge in [-0.3, -0.25) is 9.59 Å². The molecule has 0 atom stereocenters. The van der Waals surface area contributed by atoms with Gasteiger partial charge in [-0.15, -0.1) is 5.10 Å². The Morgan fingerprint density at radius 1 is 1.23 bits per heavy atom. The van der Waals surface area contributed by atoms with Crippen LogP contribution in [0.3, 0.4) is 0 Å². The van der Waals surface area contributed by atoms with Crippen molar-refractivity contribution >= 4 is 33.0 Å². The Morgan fingerprint density at radius 3 is 2.58 bits per heavy atom. The van der Waals surface area contributed by atoms with Crippen LogP contribution in [0.5, 0.6) is 0 Å². The highest BCUT2D eigenvalue weighted by molar-refractivity contribution is 7.20. The molecular weight excluding hydrogens is 410 g/mol. The number of fused-ring (bicyclic) bond motifs is 1. The van der Waals surface area contributed by atoms with Gasteiger partial charge in [0, 0.05) is 36.5 Å². The fourth-order valence-corrected chi connectivity index (χ4v) is 4.86. The van der Waals surface area contributed by atoms with Crippen LogP contribution < -0.4 is 15.8 Å². The lowest BCUT2D eigenvalue weighted by Crippen LogP contribution is -2.38. The number of piperidine rings is 1. The fraction of sp³-hybridized carbons (Fsp3) is 0.478. The van der Waals surface area contributed by atoms with Gasteiger partial charge in [0.1, 0.15) is 0 Å². The third kappa shape index (κ3) is 4.79. The summed E-state index contributed by atoms with van der Waals surface area (Å²) in [5, 5.41) is 8.33. The number of rotatable bonds is 6. The minimum absolute atomic E-state index is 0.0209. The van der Waals surface area contributed by atoms with Crippen molar-refractivity contribution < 1.29 is 4.79 Å². The minimum Gasteiger partial charge on any atom is -0.347 e. The molecule has 0 aliphatic carbocycles. The van der Waals surface area contributed by atoms with Crippen LogP contribution >= 0.6 is 11.3 Å². The molecule has 1 aromatic carbocycles. The summed E-state index contributed by atoms with van der Waals surface area (Å²) in [7, 11) is 0. The quantitative estimate of drug-likeness (QED) is 0.626. The first-order valence-corrected chi connectivity index (χ1v) is 11.8. The molecule has 0 saturated carbocycles. The first-order valence-electron chi connectivity index (χ1n) is 11.0. The lowest BCUT2D eigenvalue weighted by molar-refractivity contribution is -0.120. The molecule has 7 nitrogen and oxygen atoms in total. The van der Waals surface area contributed by atoms with E-state index in [1.807, 2.05) is 12.1 Å². The largest absolute Gasteiger partial charge is 0.347 e. The molecule has 1 aliphatic rings. The van der Waals surface area contributed by atoms with Crippen LogP contribution in [0, 0.1) is 5.92 Å². The van der Waals surface area contributed by atoms with Crippen molar-refractivity contribution in [2.45, 2.75) is 52.4 Å². The Labute approximate surface area is 186 Å². The minimum atomic E-state index is -0.131. The molecule has 8 heteroatoms. The number of benzene rings is 1. The van der Waals surface area contributed by atoms with E-state index in [-0.39, 0.29) is 17.4 Å². The summed E-state index contributed by atoms with van der Waals surface area (Å²) in [6.45, 7) is 7.86. The van der Waals surface area contributed by atoms with E-state index in [1.165, 1.54) is 21.4 Å². The van der Waals surface area contributed by atoms with E-state index < -0.39 is 0 Å². The van der Waals surface area contributed by atoms with E-state index in [4.69, 9.17) is 0 Å². The summed E-state index contributed by atoms with van der Waals surface area (Å²) < 4.78 is 1.39. The van der Waals surface area contributed by atoms with E-state index in [9.17, 15) is 9.59 Å². The molecule has 4 rings (SSSR count). The summed E-state index contributed by atoms with van der Waals surface area (Å²) in [6.07, 6.45) is 3.26. The number of carbonyl (C=O) groups excluding carboxylic acids is 1. The Kier molecular flexibility index (Phi) is 6.36. The van der Waals surface area contributed by atoms with Gasteiger partial charge in [-0.05, 0) is 42.9 Å². The second-order valence-corrected chi connectivity index (χ2v) is 9.38. The van der Waals surface area contributed by atoms with Crippen molar-refractivity contribution in [2.75, 3.05) is 23.3 Å². The highest BCUT2D eigenvalue weighted by atomic mass is 32.1. The number of hydrogen-bond donors (Lipinski definition) is 1. The Balaban J connectivity index is 1.38.